The van der Waals surface area contributed by atoms with Crippen LogP contribution < -0.4 is 11.1 Å². The molecule has 0 aliphatic rings. The number of nitrogen functional groups attached to an aromatic ring is 1. The number of hydrogen-bond acceptors (Lipinski definition) is 4. The summed E-state index contributed by atoms with van der Waals surface area (Å²) in [6.07, 6.45) is 5.37. The van der Waals surface area contributed by atoms with Gasteiger partial charge in [0.15, 0.2) is 0 Å². The second-order valence-electron chi connectivity index (χ2n) is 3.69. The zero-order valence-electron chi connectivity index (χ0n) is 9.48. The molecule has 0 saturated heterocycles. The van der Waals surface area contributed by atoms with Gasteiger partial charge in [-0.2, -0.15) is 0 Å². The van der Waals surface area contributed by atoms with Gasteiger partial charge in [-0.15, -0.1) is 0 Å². The number of carbonyl (C=O) groups excluding carboxylic acids is 1. The topological polar surface area (TPSA) is 96.7 Å². The molecule has 0 saturated carbocycles. The van der Waals surface area contributed by atoms with Gasteiger partial charge in [0.05, 0.1) is 23.8 Å². The van der Waals surface area contributed by atoms with Crippen LogP contribution in [0.25, 0.3) is 0 Å². The Morgan fingerprint density at radius 3 is 3.06 bits per heavy atom. The van der Waals surface area contributed by atoms with Gasteiger partial charge in [-0.3, -0.25) is 4.79 Å². The normalized spacial score (nSPS) is 10.3. The molecule has 2 rings (SSSR count). The Balaban J connectivity index is 1.93. The van der Waals surface area contributed by atoms with Gasteiger partial charge in [0.25, 0.3) is 5.91 Å². The summed E-state index contributed by atoms with van der Waals surface area (Å²) in [6.45, 7) is 0.478. The SMILES string of the molecule is Nc1cnc(Cl)c(C(=O)NCCc2cnc[nH]2)c1. The van der Waals surface area contributed by atoms with Crippen molar-refractivity contribution >= 4 is 23.2 Å². The highest BCUT2D eigenvalue weighted by Crippen LogP contribution is 2.15. The standard InChI is InChI=1S/C11H12ClN5O/c12-10-9(3-7(13)4-16-10)11(18)15-2-1-8-5-14-6-17-8/h3-6H,1-2,13H2,(H,14,17)(H,15,18). The molecule has 2 heterocycles. The summed E-state index contributed by atoms with van der Waals surface area (Å²) < 4.78 is 0. The maximum Gasteiger partial charge on any atom is 0.254 e. The van der Waals surface area contributed by atoms with E-state index in [-0.39, 0.29) is 16.6 Å². The molecule has 94 valence electrons. The van der Waals surface area contributed by atoms with Gasteiger partial charge in [-0.05, 0) is 6.07 Å². The molecule has 0 unspecified atom stereocenters. The first-order valence-corrected chi connectivity index (χ1v) is 5.71. The number of rotatable bonds is 4. The second-order valence-corrected chi connectivity index (χ2v) is 4.05. The van der Waals surface area contributed by atoms with Gasteiger partial charge in [0, 0.05) is 24.9 Å². The summed E-state index contributed by atoms with van der Waals surface area (Å²) in [7, 11) is 0. The van der Waals surface area contributed by atoms with Crippen LogP contribution in [-0.4, -0.2) is 27.4 Å². The number of amides is 1. The fourth-order valence-electron chi connectivity index (χ4n) is 1.45. The zero-order valence-corrected chi connectivity index (χ0v) is 10.2. The van der Waals surface area contributed by atoms with Crippen molar-refractivity contribution in [2.45, 2.75) is 6.42 Å². The average Bonchev–Trinajstić information content (AvgIpc) is 2.85. The van der Waals surface area contributed by atoms with E-state index in [1.165, 1.54) is 12.3 Å². The van der Waals surface area contributed by atoms with E-state index in [9.17, 15) is 4.79 Å². The number of imidazole rings is 1. The third-order valence-corrected chi connectivity index (χ3v) is 2.64. The highest BCUT2D eigenvalue weighted by atomic mass is 35.5. The van der Waals surface area contributed by atoms with E-state index >= 15 is 0 Å². The first-order chi connectivity index (χ1) is 8.66. The molecule has 0 aliphatic carbocycles. The summed E-state index contributed by atoms with van der Waals surface area (Å²) in [5, 5.41) is 2.88. The molecule has 0 fully saturated rings. The molecule has 0 atom stereocenters. The Morgan fingerprint density at radius 2 is 2.33 bits per heavy atom. The molecule has 7 heteroatoms. The highest BCUT2D eigenvalue weighted by molar-refractivity contribution is 6.32. The first-order valence-electron chi connectivity index (χ1n) is 5.33. The van der Waals surface area contributed by atoms with E-state index in [1.54, 1.807) is 12.5 Å². The third kappa shape index (κ3) is 2.98. The van der Waals surface area contributed by atoms with Gasteiger partial charge in [-0.1, -0.05) is 11.6 Å². The van der Waals surface area contributed by atoms with Crippen molar-refractivity contribution in [3.8, 4) is 0 Å². The van der Waals surface area contributed by atoms with Crippen LogP contribution >= 0.6 is 11.6 Å². The lowest BCUT2D eigenvalue weighted by Gasteiger charge is -2.06. The lowest BCUT2D eigenvalue weighted by Crippen LogP contribution is -2.26. The molecule has 1 amide bonds. The molecule has 0 radical (unpaired) electrons. The van der Waals surface area contributed by atoms with Gasteiger partial charge in [-0.25, -0.2) is 9.97 Å². The summed E-state index contributed by atoms with van der Waals surface area (Å²) in [5.41, 5.74) is 7.19. The number of nitrogens with two attached hydrogens (primary N) is 1. The fraction of sp³-hybridized carbons (Fsp3) is 0.182. The monoisotopic (exact) mass is 265 g/mol. The molecular weight excluding hydrogens is 254 g/mol. The minimum absolute atomic E-state index is 0.142. The molecule has 0 aliphatic heterocycles. The van der Waals surface area contributed by atoms with Crippen LogP contribution in [-0.2, 0) is 6.42 Å². The zero-order chi connectivity index (χ0) is 13.0. The number of nitrogens with zero attached hydrogens (tertiary/aromatic N) is 2. The van der Waals surface area contributed by atoms with Crippen LogP contribution in [0.5, 0.6) is 0 Å². The number of H-pyrrole nitrogens is 1. The Labute approximate surface area is 109 Å². The van der Waals surface area contributed by atoms with Crippen molar-refractivity contribution in [2.75, 3.05) is 12.3 Å². The highest BCUT2D eigenvalue weighted by Gasteiger charge is 2.11. The number of aromatic nitrogens is 3. The molecule has 2 aromatic heterocycles. The van der Waals surface area contributed by atoms with Crippen LogP contribution in [0, 0.1) is 0 Å². The van der Waals surface area contributed by atoms with E-state index in [0.717, 1.165) is 5.69 Å². The van der Waals surface area contributed by atoms with Crippen molar-refractivity contribution < 1.29 is 4.79 Å². The Bertz CT molecular complexity index is 540. The van der Waals surface area contributed by atoms with Crippen LogP contribution in [0.2, 0.25) is 5.15 Å². The van der Waals surface area contributed by atoms with E-state index < -0.39 is 0 Å². The molecule has 0 aromatic carbocycles. The largest absolute Gasteiger partial charge is 0.397 e. The lowest BCUT2D eigenvalue weighted by atomic mass is 10.2. The van der Waals surface area contributed by atoms with Gasteiger partial charge in [0.2, 0.25) is 0 Å². The van der Waals surface area contributed by atoms with E-state index in [4.69, 9.17) is 17.3 Å². The van der Waals surface area contributed by atoms with Crippen molar-refractivity contribution in [3.63, 3.8) is 0 Å². The summed E-state index contributed by atoms with van der Waals surface area (Å²) in [4.78, 5) is 22.5. The number of halogens is 1. The summed E-state index contributed by atoms with van der Waals surface area (Å²) in [5.74, 6) is -0.292. The summed E-state index contributed by atoms with van der Waals surface area (Å²) >= 11 is 5.83. The van der Waals surface area contributed by atoms with E-state index in [0.29, 0.717) is 18.7 Å². The molecule has 0 spiro atoms. The third-order valence-electron chi connectivity index (χ3n) is 2.34. The Morgan fingerprint density at radius 1 is 1.50 bits per heavy atom. The van der Waals surface area contributed by atoms with Crippen molar-refractivity contribution in [1.29, 1.82) is 0 Å². The number of nitrogens with one attached hydrogen (secondary N) is 2. The van der Waals surface area contributed by atoms with Gasteiger partial charge in [0.1, 0.15) is 5.15 Å². The van der Waals surface area contributed by atoms with Crippen LogP contribution in [0.1, 0.15) is 16.1 Å². The quantitative estimate of drug-likeness (QED) is 0.719. The minimum atomic E-state index is -0.292. The van der Waals surface area contributed by atoms with Crippen molar-refractivity contribution in [3.05, 3.63) is 41.2 Å². The Kier molecular flexibility index (Phi) is 3.78. The first kappa shape index (κ1) is 12.4. The lowest BCUT2D eigenvalue weighted by molar-refractivity contribution is 0.0954. The molecule has 18 heavy (non-hydrogen) atoms. The van der Waals surface area contributed by atoms with Crippen LogP contribution in [0.15, 0.2) is 24.8 Å². The maximum absolute atomic E-state index is 11.8. The van der Waals surface area contributed by atoms with Crippen LogP contribution in [0.4, 0.5) is 5.69 Å². The number of carbonyl (C=O) groups is 1. The molecule has 6 nitrogen and oxygen atoms in total. The number of hydrogen-bond donors (Lipinski definition) is 3. The van der Waals surface area contributed by atoms with Gasteiger partial charge >= 0.3 is 0 Å². The van der Waals surface area contributed by atoms with E-state index in [1.807, 2.05) is 0 Å². The average molecular weight is 266 g/mol. The molecule has 0 bridgehead atoms. The molecule has 4 N–H and O–H groups in total. The predicted molar refractivity (Wildman–Crippen MR) is 68.3 cm³/mol. The molecule has 2 aromatic rings. The van der Waals surface area contributed by atoms with E-state index in [2.05, 4.69) is 20.3 Å². The molecular formula is C11H12ClN5O. The minimum Gasteiger partial charge on any atom is -0.397 e. The van der Waals surface area contributed by atoms with Crippen molar-refractivity contribution in [2.24, 2.45) is 0 Å². The number of pyridine rings is 1. The smallest absolute Gasteiger partial charge is 0.254 e. The van der Waals surface area contributed by atoms with Crippen molar-refractivity contribution in [1.82, 2.24) is 20.3 Å². The van der Waals surface area contributed by atoms with Crippen LogP contribution in [0.3, 0.4) is 0 Å². The fourth-order valence-corrected chi connectivity index (χ4v) is 1.64. The predicted octanol–water partition coefficient (Wildman–Crippen LogP) is 1.01. The summed E-state index contributed by atoms with van der Waals surface area (Å²) in [6, 6.07) is 1.50. The second kappa shape index (κ2) is 5.50. The Hall–Kier alpha value is -2.08. The number of anilines is 1. The maximum atomic E-state index is 11.8. The van der Waals surface area contributed by atoms with Gasteiger partial charge < -0.3 is 16.0 Å². The number of aromatic amines is 1.